The molecule has 0 aliphatic carbocycles. The number of rotatable bonds is 1. The standard InChI is InChI=1S/C5H9NO4/c6-4(8)2-1-3(7)10-5(2)9/h2-3,5,7,9H,1H2,(H2,6,8). The van der Waals surface area contributed by atoms with Crippen LogP contribution in [0.2, 0.25) is 0 Å². The van der Waals surface area contributed by atoms with Gasteiger partial charge in [-0.1, -0.05) is 0 Å². The number of ether oxygens (including phenoxy) is 1. The summed E-state index contributed by atoms with van der Waals surface area (Å²) in [7, 11) is 0. The van der Waals surface area contributed by atoms with Gasteiger partial charge in [-0.3, -0.25) is 4.79 Å². The van der Waals surface area contributed by atoms with Crippen molar-refractivity contribution in [1.82, 2.24) is 0 Å². The van der Waals surface area contributed by atoms with Gasteiger partial charge in [0.1, 0.15) is 0 Å². The molecule has 3 unspecified atom stereocenters. The molecule has 0 spiro atoms. The number of hydrogen-bond donors (Lipinski definition) is 3. The molecule has 5 heteroatoms. The van der Waals surface area contributed by atoms with Crippen LogP contribution in [0.1, 0.15) is 6.42 Å². The van der Waals surface area contributed by atoms with E-state index in [0.29, 0.717) is 0 Å². The summed E-state index contributed by atoms with van der Waals surface area (Å²) in [5, 5.41) is 17.6. The van der Waals surface area contributed by atoms with Gasteiger partial charge in [-0.25, -0.2) is 0 Å². The molecule has 1 saturated heterocycles. The van der Waals surface area contributed by atoms with Crippen molar-refractivity contribution in [1.29, 1.82) is 0 Å². The highest BCUT2D eigenvalue weighted by Crippen LogP contribution is 2.22. The van der Waals surface area contributed by atoms with E-state index in [1.165, 1.54) is 0 Å². The van der Waals surface area contributed by atoms with E-state index < -0.39 is 24.4 Å². The zero-order valence-corrected chi connectivity index (χ0v) is 5.23. The number of carbonyl (C=O) groups is 1. The van der Waals surface area contributed by atoms with Crippen LogP contribution in [-0.2, 0) is 9.53 Å². The van der Waals surface area contributed by atoms with Crippen molar-refractivity contribution in [2.75, 3.05) is 0 Å². The van der Waals surface area contributed by atoms with Gasteiger partial charge in [0.05, 0.1) is 5.92 Å². The van der Waals surface area contributed by atoms with Crippen molar-refractivity contribution in [3.63, 3.8) is 0 Å². The second-order valence-corrected chi connectivity index (χ2v) is 2.23. The van der Waals surface area contributed by atoms with Crippen molar-refractivity contribution >= 4 is 5.91 Å². The van der Waals surface area contributed by atoms with E-state index in [1.807, 2.05) is 0 Å². The molecule has 1 aliphatic rings. The molecule has 1 rings (SSSR count). The molecule has 1 aliphatic heterocycles. The normalized spacial score (nSPS) is 40.0. The van der Waals surface area contributed by atoms with E-state index in [4.69, 9.17) is 15.9 Å². The van der Waals surface area contributed by atoms with E-state index in [2.05, 4.69) is 4.74 Å². The van der Waals surface area contributed by atoms with Gasteiger partial charge >= 0.3 is 0 Å². The predicted molar refractivity (Wildman–Crippen MR) is 30.4 cm³/mol. The maximum absolute atomic E-state index is 10.4. The second kappa shape index (κ2) is 2.53. The van der Waals surface area contributed by atoms with Crippen LogP contribution in [0.25, 0.3) is 0 Å². The number of primary amides is 1. The smallest absolute Gasteiger partial charge is 0.225 e. The van der Waals surface area contributed by atoms with Crippen LogP contribution in [-0.4, -0.2) is 28.7 Å². The summed E-state index contributed by atoms with van der Waals surface area (Å²) < 4.78 is 4.45. The number of aliphatic hydroxyl groups is 2. The third kappa shape index (κ3) is 1.26. The number of hydrogen-bond acceptors (Lipinski definition) is 4. The molecule has 10 heavy (non-hydrogen) atoms. The first kappa shape index (κ1) is 7.46. The van der Waals surface area contributed by atoms with Crippen LogP contribution in [0, 0.1) is 5.92 Å². The maximum atomic E-state index is 10.4. The summed E-state index contributed by atoms with van der Waals surface area (Å²) in [6.45, 7) is 0. The Morgan fingerprint density at radius 3 is 2.40 bits per heavy atom. The van der Waals surface area contributed by atoms with Gasteiger partial charge in [-0.2, -0.15) is 0 Å². The van der Waals surface area contributed by atoms with Crippen LogP contribution in [0.5, 0.6) is 0 Å². The van der Waals surface area contributed by atoms with E-state index in [-0.39, 0.29) is 6.42 Å². The Bertz CT molecular complexity index is 149. The highest BCUT2D eigenvalue weighted by Gasteiger charge is 2.36. The van der Waals surface area contributed by atoms with Gasteiger partial charge in [-0.05, 0) is 0 Å². The van der Waals surface area contributed by atoms with Crippen LogP contribution in [0.4, 0.5) is 0 Å². The molecule has 5 nitrogen and oxygen atoms in total. The highest BCUT2D eigenvalue weighted by atomic mass is 16.7. The van der Waals surface area contributed by atoms with Crippen LogP contribution in [0.3, 0.4) is 0 Å². The molecule has 1 amide bonds. The number of amides is 1. The number of carbonyl (C=O) groups excluding carboxylic acids is 1. The fourth-order valence-electron chi connectivity index (χ4n) is 0.902. The van der Waals surface area contributed by atoms with E-state index in [0.717, 1.165) is 0 Å². The second-order valence-electron chi connectivity index (χ2n) is 2.23. The first-order valence-electron chi connectivity index (χ1n) is 2.92. The summed E-state index contributed by atoms with van der Waals surface area (Å²) in [6, 6.07) is 0. The molecule has 0 saturated carbocycles. The Kier molecular flexibility index (Phi) is 1.89. The number of aliphatic hydroxyl groups excluding tert-OH is 2. The van der Waals surface area contributed by atoms with Crippen molar-refractivity contribution in [2.24, 2.45) is 11.7 Å². The zero-order chi connectivity index (χ0) is 7.72. The molecular formula is C5H9NO4. The van der Waals surface area contributed by atoms with Gasteiger partial charge in [-0.15, -0.1) is 0 Å². The minimum Gasteiger partial charge on any atom is -0.369 e. The number of nitrogens with two attached hydrogens (primary N) is 1. The SMILES string of the molecule is NC(=O)C1CC(O)OC1O. The predicted octanol–water partition coefficient (Wildman–Crippen LogP) is -1.86. The quantitative estimate of drug-likeness (QED) is 0.405. The van der Waals surface area contributed by atoms with Crippen LogP contribution < -0.4 is 5.73 Å². The van der Waals surface area contributed by atoms with Crippen molar-refractivity contribution in [3.05, 3.63) is 0 Å². The lowest BCUT2D eigenvalue weighted by atomic mass is 10.1. The molecule has 0 radical (unpaired) electrons. The fraction of sp³-hybridized carbons (Fsp3) is 0.800. The van der Waals surface area contributed by atoms with E-state index in [9.17, 15) is 4.79 Å². The largest absolute Gasteiger partial charge is 0.369 e. The minimum atomic E-state index is -1.24. The minimum absolute atomic E-state index is 0.0799. The lowest BCUT2D eigenvalue weighted by Crippen LogP contribution is -2.29. The van der Waals surface area contributed by atoms with Crippen LogP contribution >= 0.6 is 0 Å². The molecule has 0 aromatic heterocycles. The molecule has 1 heterocycles. The summed E-state index contributed by atoms with van der Waals surface area (Å²) in [5.41, 5.74) is 4.86. The molecule has 0 aromatic rings. The molecule has 4 N–H and O–H groups in total. The van der Waals surface area contributed by atoms with Crippen molar-refractivity contribution < 1.29 is 19.7 Å². The molecule has 1 fully saturated rings. The topological polar surface area (TPSA) is 92.8 Å². The average Bonchev–Trinajstić information content (AvgIpc) is 2.10. The molecule has 0 bridgehead atoms. The average molecular weight is 147 g/mol. The van der Waals surface area contributed by atoms with Gasteiger partial charge in [0, 0.05) is 6.42 Å². The summed E-state index contributed by atoms with van der Waals surface area (Å²) in [6.07, 6.45) is -2.23. The molecule has 3 atom stereocenters. The highest BCUT2D eigenvalue weighted by molar-refractivity contribution is 5.77. The monoisotopic (exact) mass is 147 g/mol. The van der Waals surface area contributed by atoms with E-state index in [1.54, 1.807) is 0 Å². The Morgan fingerprint density at radius 2 is 2.20 bits per heavy atom. The van der Waals surface area contributed by atoms with Crippen LogP contribution in [0.15, 0.2) is 0 Å². The fourth-order valence-corrected chi connectivity index (χ4v) is 0.902. The zero-order valence-electron chi connectivity index (χ0n) is 5.23. The molecule has 0 aromatic carbocycles. The Hall–Kier alpha value is -0.650. The van der Waals surface area contributed by atoms with E-state index >= 15 is 0 Å². The Balaban J connectivity index is 2.54. The van der Waals surface area contributed by atoms with Gasteiger partial charge in [0.2, 0.25) is 5.91 Å². The first-order chi connectivity index (χ1) is 4.61. The summed E-state index contributed by atoms with van der Waals surface area (Å²) in [4.78, 5) is 10.4. The first-order valence-corrected chi connectivity index (χ1v) is 2.92. The third-order valence-corrected chi connectivity index (χ3v) is 1.46. The lowest BCUT2D eigenvalue weighted by Gasteiger charge is -2.06. The summed E-state index contributed by atoms with van der Waals surface area (Å²) in [5.74, 6) is -1.42. The van der Waals surface area contributed by atoms with Crippen molar-refractivity contribution in [3.8, 4) is 0 Å². The lowest BCUT2D eigenvalue weighted by molar-refractivity contribution is -0.170. The molecular weight excluding hydrogens is 138 g/mol. The van der Waals surface area contributed by atoms with Crippen molar-refractivity contribution in [2.45, 2.75) is 19.0 Å². The Labute approximate surface area is 57.4 Å². The van der Waals surface area contributed by atoms with Gasteiger partial charge in [0.25, 0.3) is 0 Å². The Morgan fingerprint density at radius 1 is 1.60 bits per heavy atom. The molecule has 58 valence electrons. The summed E-state index contributed by atoms with van der Waals surface area (Å²) >= 11 is 0. The van der Waals surface area contributed by atoms with Gasteiger partial charge in [0.15, 0.2) is 12.6 Å². The maximum Gasteiger partial charge on any atom is 0.225 e. The third-order valence-electron chi connectivity index (χ3n) is 1.46. The van der Waals surface area contributed by atoms with Gasteiger partial charge < -0.3 is 20.7 Å².